The quantitative estimate of drug-likeness (QED) is 0.784. The van der Waals surface area contributed by atoms with E-state index in [4.69, 9.17) is 14.6 Å². The maximum atomic E-state index is 12.0. The molecule has 0 aliphatic heterocycles. The minimum atomic E-state index is -1.13. The standard InChI is InChI=1S/C11H13NO5/c13-4-3-12(8-1-2-8)10(14)9-5-7(6-17-9)11(15)16/h5-6,8,13H,1-4H2,(H,15,16). The summed E-state index contributed by atoms with van der Waals surface area (Å²) in [5.41, 5.74) is -0.0481. The number of aromatic carboxylic acids is 1. The molecule has 1 heterocycles. The molecule has 2 rings (SSSR count). The summed E-state index contributed by atoms with van der Waals surface area (Å²) in [7, 11) is 0. The molecule has 1 saturated carbocycles. The Morgan fingerprint density at radius 3 is 2.65 bits per heavy atom. The van der Waals surface area contributed by atoms with E-state index >= 15 is 0 Å². The summed E-state index contributed by atoms with van der Waals surface area (Å²) in [6, 6.07) is 1.35. The molecule has 0 bridgehead atoms. The van der Waals surface area contributed by atoms with Gasteiger partial charge in [0.25, 0.3) is 5.91 Å². The Morgan fingerprint density at radius 2 is 2.18 bits per heavy atom. The molecule has 1 aromatic heterocycles. The summed E-state index contributed by atoms with van der Waals surface area (Å²) in [4.78, 5) is 24.2. The van der Waals surface area contributed by atoms with Crippen LogP contribution < -0.4 is 0 Å². The van der Waals surface area contributed by atoms with Crippen LogP contribution in [0.1, 0.15) is 33.8 Å². The molecule has 0 radical (unpaired) electrons. The van der Waals surface area contributed by atoms with Crippen molar-refractivity contribution in [3.63, 3.8) is 0 Å². The van der Waals surface area contributed by atoms with Gasteiger partial charge in [0.1, 0.15) is 6.26 Å². The number of carboxylic acids is 1. The number of hydrogen-bond donors (Lipinski definition) is 2. The van der Waals surface area contributed by atoms with E-state index in [9.17, 15) is 9.59 Å². The molecule has 92 valence electrons. The summed E-state index contributed by atoms with van der Waals surface area (Å²) < 4.78 is 4.94. The van der Waals surface area contributed by atoms with Gasteiger partial charge in [-0.1, -0.05) is 0 Å². The summed E-state index contributed by atoms with van der Waals surface area (Å²) in [5, 5.41) is 17.6. The maximum Gasteiger partial charge on any atom is 0.338 e. The Bertz CT molecular complexity index is 435. The van der Waals surface area contributed by atoms with E-state index in [1.54, 1.807) is 0 Å². The highest BCUT2D eigenvalue weighted by molar-refractivity contribution is 5.95. The molecule has 1 aliphatic carbocycles. The normalized spacial score (nSPS) is 14.6. The summed E-state index contributed by atoms with van der Waals surface area (Å²) in [6.45, 7) is 0.126. The molecule has 1 fully saturated rings. The van der Waals surface area contributed by atoms with Crippen molar-refractivity contribution in [2.75, 3.05) is 13.2 Å². The van der Waals surface area contributed by atoms with Crippen LogP contribution in [-0.4, -0.2) is 46.2 Å². The second-order valence-corrected chi connectivity index (χ2v) is 3.96. The van der Waals surface area contributed by atoms with Crippen molar-refractivity contribution < 1.29 is 24.2 Å². The summed E-state index contributed by atoms with van der Waals surface area (Å²) in [5.74, 6) is -1.50. The van der Waals surface area contributed by atoms with Gasteiger partial charge in [0.15, 0.2) is 5.76 Å². The molecule has 0 unspecified atom stereocenters. The summed E-state index contributed by atoms with van der Waals surface area (Å²) in [6.07, 6.45) is 2.87. The maximum absolute atomic E-state index is 12.0. The van der Waals surface area contributed by atoms with Crippen molar-refractivity contribution in [3.05, 3.63) is 23.7 Å². The topological polar surface area (TPSA) is 91.0 Å². The molecule has 0 aromatic carbocycles. The van der Waals surface area contributed by atoms with E-state index < -0.39 is 5.97 Å². The van der Waals surface area contributed by atoms with E-state index in [1.165, 1.54) is 11.0 Å². The molecule has 6 nitrogen and oxygen atoms in total. The lowest BCUT2D eigenvalue weighted by molar-refractivity contribution is 0.0673. The number of carbonyl (C=O) groups is 2. The minimum absolute atomic E-state index is 0.00255. The van der Waals surface area contributed by atoms with E-state index in [2.05, 4.69) is 0 Å². The average molecular weight is 239 g/mol. The Morgan fingerprint density at radius 1 is 1.47 bits per heavy atom. The number of amides is 1. The van der Waals surface area contributed by atoms with Crippen LogP contribution in [0.15, 0.2) is 16.7 Å². The zero-order valence-corrected chi connectivity index (χ0v) is 9.13. The first-order valence-electron chi connectivity index (χ1n) is 5.37. The van der Waals surface area contributed by atoms with Crippen LogP contribution in [0, 0.1) is 0 Å². The monoisotopic (exact) mass is 239 g/mol. The van der Waals surface area contributed by atoms with Crippen LogP contribution in [0.25, 0.3) is 0 Å². The highest BCUT2D eigenvalue weighted by atomic mass is 16.4. The number of furan rings is 1. The Labute approximate surface area is 97.4 Å². The van der Waals surface area contributed by atoms with Gasteiger partial charge in [0.2, 0.25) is 0 Å². The van der Waals surface area contributed by atoms with Crippen molar-refractivity contribution in [2.24, 2.45) is 0 Å². The van der Waals surface area contributed by atoms with Gasteiger partial charge in [-0.2, -0.15) is 0 Å². The van der Waals surface area contributed by atoms with Gasteiger partial charge in [-0.05, 0) is 12.8 Å². The lowest BCUT2D eigenvalue weighted by atomic mass is 10.3. The van der Waals surface area contributed by atoms with Crippen molar-refractivity contribution in [2.45, 2.75) is 18.9 Å². The number of carboxylic acid groups (broad SMARTS) is 1. The lowest BCUT2D eigenvalue weighted by Crippen LogP contribution is -2.35. The van der Waals surface area contributed by atoms with Crippen molar-refractivity contribution >= 4 is 11.9 Å². The number of aliphatic hydroxyl groups excluding tert-OH is 1. The molecule has 2 N–H and O–H groups in total. The summed E-state index contributed by atoms with van der Waals surface area (Å²) >= 11 is 0. The highest BCUT2D eigenvalue weighted by Crippen LogP contribution is 2.28. The van der Waals surface area contributed by atoms with E-state index in [-0.39, 0.29) is 36.4 Å². The molecule has 1 amide bonds. The fourth-order valence-corrected chi connectivity index (χ4v) is 1.65. The fourth-order valence-electron chi connectivity index (χ4n) is 1.65. The predicted octanol–water partition coefficient (Wildman–Crippen LogP) is 0.575. The van der Waals surface area contributed by atoms with Gasteiger partial charge >= 0.3 is 5.97 Å². The van der Waals surface area contributed by atoms with Gasteiger partial charge in [0.05, 0.1) is 12.2 Å². The van der Waals surface area contributed by atoms with E-state index in [0.29, 0.717) is 0 Å². The van der Waals surface area contributed by atoms with Crippen molar-refractivity contribution in [3.8, 4) is 0 Å². The van der Waals surface area contributed by atoms with Crippen LogP contribution in [0.2, 0.25) is 0 Å². The highest BCUT2D eigenvalue weighted by Gasteiger charge is 2.34. The first kappa shape index (κ1) is 11.7. The van der Waals surface area contributed by atoms with Crippen LogP contribution in [0.5, 0.6) is 0 Å². The second kappa shape index (κ2) is 4.58. The molecule has 0 saturated heterocycles. The van der Waals surface area contributed by atoms with Crippen LogP contribution in [0.3, 0.4) is 0 Å². The zero-order valence-electron chi connectivity index (χ0n) is 9.13. The van der Waals surface area contributed by atoms with E-state index in [1.807, 2.05) is 0 Å². The Hall–Kier alpha value is -1.82. The molecule has 17 heavy (non-hydrogen) atoms. The number of nitrogens with zero attached hydrogens (tertiary/aromatic N) is 1. The largest absolute Gasteiger partial charge is 0.478 e. The van der Waals surface area contributed by atoms with Gasteiger partial charge in [-0.15, -0.1) is 0 Å². The third-order valence-electron chi connectivity index (χ3n) is 2.65. The average Bonchev–Trinajstić information content (AvgIpc) is 3.00. The van der Waals surface area contributed by atoms with Gasteiger partial charge < -0.3 is 19.5 Å². The second-order valence-electron chi connectivity index (χ2n) is 3.96. The smallest absolute Gasteiger partial charge is 0.338 e. The van der Waals surface area contributed by atoms with Crippen molar-refractivity contribution in [1.82, 2.24) is 4.90 Å². The molecular weight excluding hydrogens is 226 g/mol. The zero-order chi connectivity index (χ0) is 12.4. The van der Waals surface area contributed by atoms with Gasteiger partial charge in [-0.3, -0.25) is 4.79 Å². The SMILES string of the molecule is O=C(O)c1coc(C(=O)N(CCO)C2CC2)c1. The molecule has 6 heteroatoms. The van der Waals surface area contributed by atoms with Crippen LogP contribution in [0.4, 0.5) is 0 Å². The third-order valence-corrected chi connectivity index (χ3v) is 2.65. The van der Waals surface area contributed by atoms with Gasteiger partial charge in [-0.25, -0.2) is 4.79 Å². The first-order valence-corrected chi connectivity index (χ1v) is 5.37. The molecule has 1 aliphatic rings. The fraction of sp³-hybridized carbons (Fsp3) is 0.455. The predicted molar refractivity (Wildman–Crippen MR) is 56.8 cm³/mol. The van der Waals surface area contributed by atoms with Gasteiger partial charge in [0, 0.05) is 18.7 Å². The molecular formula is C11H13NO5. The van der Waals surface area contributed by atoms with Crippen molar-refractivity contribution in [1.29, 1.82) is 0 Å². The number of hydrogen-bond acceptors (Lipinski definition) is 4. The molecule has 0 atom stereocenters. The lowest BCUT2D eigenvalue weighted by Gasteiger charge is -2.19. The minimum Gasteiger partial charge on any atom is -0.478 e. The Kier molecular flexibility index (Phi) is 3.14. The number of aliphatic hydroxyl groups is 1. The van der Waals surface area contributed by atoms with Crippen LogP contribution >= 0.6 is 0 Å². The van der Waals surface area contributed by atoms with Crippen LogP contribution in [-0.2, 0) is 0 Å². The molecule has 0 spiro atoms. The third kappa shape index (κ3) is 2.47. The molecule has 1 aromatic rings. The number of carbonyl (C=O) groups excluding carboxylic acids is 1. The Balaban J connectivity index is 2.13. The first-order chi connectivity index (χ1) is 8.13. The van der Waals surface area contributed by atoms with E-state index in [0.717, 1.165) is 19.1 Å². The number of rotatable bonds is 5.